The van der Waals surface area contributed by atoms with Gasteiger partial charge in [0.15, 0.2) is 0 Å². The van der Waals surface area contributed by atoms with Crippen molar-refractivity contribution >= 4 is 19.7 Å². The Morgan fingerprint density at radius 3 is 1.02 bits per heavy atom. The predicted octanol–water partition coefficient (Wildman–Crippen LogP) is 24.2. The van der Waals surface area contributed by atoms with Gasteiger partial charge in [0.1, 0.15) is 19.3 Å². The van der Waals surface area contributed by atoms with Crippen molar-refractivity contribution in [1.29, 1.82) is 0 Å². The number of hydrogen-bond acceptors (Lipinski definition) is 7. The van der Waals surface area contributed by atoms with Crippen LogP contribution in [-0.4, -0.2) is 69.4 Å². The maximum absolute atomic E-state index is 13.6. The number of nitrogens with zero attached hydrogens (tertiary/aromatic N) is 1. The van der Waals surface area contributed by atoms with Crippen LogP contribution in [0.4, 0.5) is 0 Å². The highest BCUT2D eigenvalue weighted by Crippen LogP contribution is 2.38. The van der Waals surface area contributed by atoms with Gasteiger partial charge in [0.05, 0.1) is 33.8 Å². The van der Waals surface area contributed by atoms with Crippen LogP contribution in [0.25, 0.3) is 0 Å². The number of phosphoric acid groups is 1. The molecule has 0 saturated heterocycles. The van der Waals surface area contributed by atoms with Gasteiger partial charge < -0.3 is 28.5 Å². The van der Waals surface area contributed by atoms with Crippen LogP contribution in [0.3, 0.4) is 0 Å². The molecule has 526 valence electrons. The molecule has 0 radical (unpaired) electrons. The van der Waals surface area contributed by atoms with Gasteiger partial charge in [-0.05, 0) is 122 Å². The number of rotatable bonds is 69. The zero-order chi connectivity index (χ0) is 66.3. The summed E-state index contributed by atoms with van der Waals surface area (Å²) >= 11 is 0. The number of ether oxygens (including phenoxy) is 1. The molecule has 0 heterocycles. The van der Waals surface area contributed by atoms with Crippen LogP contribution >= 0.6 is 7.82 Å². The van der Waals surface area contributed by atoms with E-state index in [1.54, 1.807) is 0 Å². The Kier molecular flexibility index (Phi) is 67.0. The Morgan fingerprint density at radius 1 is 0.385 bits per heavy atom. The van der Waals surface area contributed by atoms with Crippen molar-refractivity contribution in [2.75, 3.05) is 40.9 Å². The Labute approximate surface area is 563 Å². The van der Waals surface area contributed by atoms with E-state index >= 15 is 0 Å². The Balaban J connectivity index is 4.96. The van der Waals surface area contributed by atoms with Crippen molar-refractivity contribution < 1.29 is 37.3 Å². The lowest BCUT2D eigenvalue weighted by Crippen LogP contribution is -2.47. The average Bonchev–Trinajstić information content (AvgIpc) is 3.08. The predicted molar refractivity (Wildman–Crippen MR) is 394 cm³/mol. The summed E-state index contributed by atoms with van der Waals surface area (Å²) in [7, 11) is 1.18. The highest BCUT2D eigenvalue weighted by molar-refractivity contribution is 7.45. The number of carbonyl (C=O) groups excluding carboxylic acids is 2. The molecule has 0 rings (SSSR count). The fourth-order valence-electron chi connectivity index (χ4n) is 10.8. The third-order valence-corrected chi connectivity index (χ3v) is 17.6. The van der Waals surface area contributed by atoms with Crippen LogP contribution in [0.15, 0.2) is 109 Å². The van der Waals surface area contributed by atoms with E-state index in [0.29, 0.717) is 17.4 Å². The molecule has 0 aliphatic rings. The maximum atomic E-state index is 13.6. The number of hydrogen-bond donors (Lipinski definition) is 1. The van der Waals surface area contributed by atoms with Gasteiger partial charge >= 0.3 is 5.97 Å². The van der Waals surface area contributed by atoms with E-state index in [1.807, 2.05) is 33.3 Å². The van der Waals surface area contributed by atoms with Crippen LogP contribution in [-0.2, 0) is 27.9 Å². The van der Waals surface area contributed by atoms with Crippen molar-refractivity contribution in [2.45, 2.75) is 354 Å². The number of carbonyl (C=O) groups is 2. The van der Waals surface area contributed by atoms with E-state index < -0.39 is 26.6 Å². The second-order valence-corrected chi connectivity index (χ2v) is 28.2. The van der Waals surface area contributed by atoms with Gasteiger partial charge in [0.25, 0.3) is 7.82 Å². The van der Waals surface area contributed by atoms with E-state index in [4.69, 9.17) is 13.8 Å². The molecule has 0 aromatic rings. The SMILES string of the molecule is CCCCC/C=C\C/C=C\C/C=C\C/C=C\CCCCCCCCCCCCCC(=O)NC(COP(=O)([O-])OCC[N+](C)(C)C)C(/C=C/CCCCCCCCCCC)OC(=O)CCCCCCCCCCCCC/C=C\C/C=C\C/C=C\C/C=C\CCCCC. The van der Waals surface area contributed by atoms with Gasteiger partial charge in [0, 0.05) is 12.8 Å². The molecule has 91 heavy (non-hydrogen) atoms. The Hall–Kier alpha value is -3.33. The van der Waals surface area contributed by atoms with Crippen LogP contribution in [0.1, 0.15) is 342 Å². The van der Waals surface area contributed by atoms with Gasteiger partial charge in [-0.2, -0.15) is 0 Å². The smallest absolute Gasteiger partial charge is 0.306 e. The zero-order valence-electron chi connectivity index (χ0n) is 60.3. The molecule has 0 aromatic heterocycles. The van der Waals surface area contributed by atoms with Crippen LogP contribution < -0.4 is 10.2 Å². The summed E-state index contributed by atoms with van der Waals surface area (Å²) < 4.78 is 30.5. The number of allylic oxidation sites excluding steroid dienone is 17. The molecule has 0 spiro atoms. The molecular formula is C81H145N2O7P. The van der Waals surface area contributed by atoms with Gasteiger partial charge in [-0.15, -0.1) is 0 Å². The quantitative estimate of drug-likeness (QED) is 0.0212. The normalized spacial score (nSPS) is 14.1. The number of amides is 1. The molecule has 10 heteroatoms. The molecule has 1 amide bonds. The number of esters is 1. The van der Waals surface area contributed by atoms with E-state index in [9.17, 15) is 19.0 Å². The number of phosphoric ester groups is 1. The first-order chi connectivity index (χ1) is 44.4. The van der Waals surface area contributed by atoms with Crippen molar-refractivity contribution in [2.24, 2.45) is 0 Å². The molecule has 3 atom stereocenters. The molecule has 0 saturated carbocycles. The van der Waals surface area contributed by atoms with E-state index in [1.165, 1.54) is 199 Å². The number of likely N-dealkylation sites (N-methyl/N-ethyl adjacent to an activating group) is 1. The van der Waals surface area contributed by atoms with Gasteiger partial charge in [-0.25, -0.2) is 0 Å². The largest absolute Gasteiger partial charge is 0.756 e. The molecule has 9 nitrogen and oxygen atoms in total. The van der Waals surface area contributed by atoms with E-state index in [0.717, 1.165) is 109 Å². The fourth-order valence-corrected chi connectivity index (χ4v) is 11.5. The minimum Gasteiger partial charge on any atom is -0.756 e. The lowest BCUT2D eigenvalue weighted by molar-refractivity contribution is -0.870. The van der Waals surface area contributed by atoms with Crippen molar-refractivity contribution in [1.82, 2.24) is 5.32 Å². The topological polar surface area (TPSA) is 114 Å². The lowest BCUT2D eigenvalue weighted by Gasteiger charge is -2.30. The fraction of sp³-hybridized carbons (Fsp3) is 0.753. The summed E-state index contributed by atoms with van der Waals surface area (Å²) in [5, 5.41) is 3.04. The second-order valence-electron chi connectivity index (χ2n) is 26.8. The summed E-state index contributed by atoms with van der Waals surface area (Å²) in [6.07, 6.45) is 96.5. The van der Waals surface area contributed by atoms with Crippen LogP contribution in [0.5, 0.6) is 0 Å². The third kappa shape index (κ3) is 70.8. The minimum absolute atomic E-state index is 0.0273. The highest BCUT2D eigenvalue weighted by Gasteiger charge is 2.27. The summed E-state index contributed by atoms with van der Waals surface area (Å²) in [5.41, 5.74) is 0. The summed E-state index contributed by atoms with van der Waals surface area (Å²) in [4.78, 5) is 40.3. The lowest BCUT2D eigenvalue weighted by atomic mass is 10.0. The third-order valence-electron chi connectivity index (χ3n) is 16.7. The second kappa shape index (κ2) is 69.5. The average molecular weight is 1290 g/mol. The van der Waals surface area contributed by atoms with Crippen molar-refractivity contribution in [3.8, 4) is 0 Å². The van der Waals surface area contributed by atoms with Gasteiger partial charge in [-0.3, -0.25) is 14.2 Å². The van der Waals surface area contributed by atoms with Crippen LogP contribution in [0, 0.1) is 0 Å². The first-order valence-corrected chi connectivity index (χ1v) is 39.7. The molecule has 0 bridgehead atoms. The van der Waals surface area contributed by atoms with Crippen molar-refractivity contribution in [3.63, 3.8) is 0 Å². The Bertz CT molecular complexity index is 1930. The van der Waals surface area contributed by atoms with Gasteiger partial charge in [0.2, 0.25) is 5.91 Å². The first-order valence-electron chi connectivity index (χ1n) is 38.2. The maximum Gasteiger partial charge on any atom is 0.306 e. The summed E-state index contributed by atoms with van der Waals surface area (Å²) in [6.45, 7) is 6.80. The van der Waals surface area contributed by atoms with E-state index in [2.05, 4.69) is 123 Å². The molecule has 1 N–H and O–H groups in total. The number of nitrogens with one attached hydrogen (secondary N) is 1. The number of unbranched alkanes of at least 4 members (excludes halogenated alkanes) is 37. The minimum atomic E-state index is -4.71. The first kappa shape index (κ1) is 87.7. The monoisotopic (exact) mass is 1290 g/mol. The Morgan fingerprint density at radius 2 is 0.670 bits per heavy atom. The van der Waals surface area contributed by atoms with Crippen LogP contribution in [0.2, 0.25) is 0 Å². The van der Waals surface area contributed by atoms with Crippen molar-refractivity contribution in [3.05, 3.63) is 109 Å². The zero-order valence-corrected chi connectivity index (χ0v) is 61.2. The molecule has 0 aromatic carbocycles. The summed E-state index contributed by atoms with van der Waals surface area (Å²) in [6, 6.07) is -0.899. The molecule has 0 aliphatic carbocycles. The molecule has 3 unspecified atom stereocenters. The molecule has 0 aliphatic heterocycles. The summed E-state index contributed by atoms with van der Waals surface area (Å²) in [5.74, 6) is -0.544. The number of quaternary nitrogens is 1. The molecular weight excluding hydrogens is 1140 g/mol. The highest BCUT2D eigenvalue weighted by atomic mass is 31.2. The molecule has 0 fully saturated rings. The van der Waals surface area contributed by atoms with E-state index in [-0.39, 0.29) is 24.9 Å². The standard InChI is InChI=1S/C81H145N2O7P/c1-7-10-13-16-19-22-25-27-29-31-33-35-37-39-41-43-45-47-49-51-53-55-58-61-64-67-70-73-80(84)82-78(77-89-91(86,87)88-76-75-83(4,5)6)79(72-69-66-63-60-57-24-21-18-15-12-9-3)90-81(85)74-71-68-65-62-59-56-54-52-50-48-46-44-42-40-38-36-34-32-30-28-26-23-20-17-14-11-8-2/h19-20,22-23,27-30,33-36,39-42,69,72,78-79H,7-18,21,24-26,31-32,37-38,43-68,70-71,73-77H2,1-6H3,(H-,82,84,86,87)/b22-19-,23-20-,29-27-,30-28-,35-33-,36-34-,41-39-,42-40-,72-69+. The van der Waals surface area contributed by atoms with Gasteiger partial charge in [-0.1, -0.05) is 317 Å².